The molecule has 2 amide bonds. The van der Waals surface area contributed by atoms with Crippen molar-refractivity contribution < 1.29 is 23.5 Å². The molecule has 0 atom stereocenters. The van der Waals surface area contributed by atoms with Crippen molar-refractivity contribution in [3.63, 3.8) is 0 Å². The summed E-state index contributed by atoms with van der Waals surface area (Å²) in [5.74, 6) is 1.12. The Balaban J connectivity index is 1.46. The molecule has 0 radical (unpaired) electrons. The highest BCUT2D eigenvalue weighted by Gasteiger charge is 2.21. The van der Waals surface area contributed by atoms with E-state index in [-0.39, 0.29) is 25.0 Å². The minimum atomic E-state index is -0.233. The van der Waals surface area contributed by atoms with Gasteiger partial charge in [0.1, 0.15) is 17.2 Å². The number of carbonyl (C=O) groups is 2. The summed E-state index contributed by atoms with van der Waals surface area (Å²) in [6, 6.07) is 10.7. The Morgan fingerprint density at radius 3 is 2.62 bits per heavy atom. The molecular formula is C24H24N4O5S. The van der Waals surface area contributed by atoms with Gasteiger partial charge in [0.15, 0.2) is 5.82 Å². The summed E-state index contributed by atoms with van der Waals surface area (Å²) in [5, 5.41) is 6.46. The first kappa shape index (κ1) is 23.4. The van der Waals surface area contributed by atoms with Crippen molar-refractivity contribution in [2.45, 2.75) is 26.6 Å². The van der Waals surface area contributed by atoms with Gasteiger partial charge in [-0.05, 0) is 42.3 Å². The third-order valence-electron chi connectivity index (χ3n) is 5.12. The van der Waals surface area contributed by atoms with Crippen LogP contribution in [-0.4, -0.2) is 36.0 Å². The Labute approximate surface area is 200 Å². The second kappa shape index (κ2) is 10.4. The van der Waals surface area contributed by atoms with Gasteiger partial charge in [0.2, 0.25) is 5.88 Å². The molecule has 0 aliphatic heterocycles. The van der Waals surface area contributed by atoms with Crippen molar-refractivity contribution in [2.75, 3.05) is 14.2 Å². The van der Waals surface area contributed by atoms with Crippen LogP contribution >= 0.6 is 11.3 Å². The highest BCUT2D eigenvalue weighted by atomic mass is 32.1. The van der Waals surface area contributed by atoms with Crippen molar-refractivity contribution >= 4 is 33.4 Å². The largest absolute Gasteiger partial charge is 0.480 e. The summed E-state index contributed by atoms with van der Waals surface area (Å²) in [6.45, 7) is 2.66. The first-order valence-corrected chi connectivity index (χ1v) is 11.3. The van der Waals surface area contributed by atoms with E-state index in [1.165, 1.54) is 18.4 Å². The molecule has 3 aromatic heterocycles. The molecule has 0 bridgehead atoms. The minimum absolute atomic E-state index is 0.220. The molecule has 2 N–H and O–H groups in total. The van der Waals surface area contributed by atoms with Crippen LogP contribution in [0.15, 0.2) is 47.1 Å². The zero-order valence-electron chi connectivity index (χ0n) is 19.0. The van der Waals surface area contributed by atoms with E-state index in [2.05, 4.69) is 20.6 Å². The van der Waals surface area contributed by atoms with E-state index < -0.39 is 0 Å². The molecule has 0 saturated heterocycles. The number of ether oxygens (including phenoxy) is 2. The fourth-order valence-electron chi connectivity index (χ4n) is 3.47. The second-order valence-electron chi connectivity index (χ2n) is 7.46. The van der Waals surface area contributed by atoms with Gasteiger partial charge < -0.3 is 24.5 Å². The second-order valence-corrected chi connectivity index (χ2v) is 8.46. The molecular weight excluding hydrogens is 456 g/mol. The van der Waals surface area contributed by atoms with Crippen molar-refractivity contribution in [2.24, 2.45) is 0 Å². The standard InChI is InChI=1S/C24H24N4O5S/c1-14-19-23(32-3)27-18(13-31-2)28-24(19)34-20(14)22(30)25-11-15-6-4-7-16(10-15)21(29)26-12-17-8-5-9-33-17/h4-10H,11-13H2,1-3H3,(H,25,30)(H,26,29). The molecule has 4 aromatic rings. The van der Waals surface area contributed by atoms with Crippen LogP contribution in [0.3, 0.4) is 0 Å². The third-order valence-corrected chi connectivity index (χ3v) is 6.31. The number of nitrogens with zero attached hydrogens (tertiary/aromatic N) is 2. The average Bonchev–Trinajstić information content (AvgIpc) is 3.49. The minimum Gasteiger partial charge on any atom is -0.480 e. The Kier molecular flexibility index (Phi) is 7.19. The number of carbonyl (C=O) groups excluding carboxylic acids is 2. The molecule has 0 saturated carbocycles. The quantitative estimate of drug-likeness (QED) is 0.376. The monoisotopic (exact) mass is 480 g/mol. The molecule has 10 heteroatoms. The first-order valence-electron chi connectivity index (χ1n) is 10.5. The number of fused-ring (bicyclic) bond motifs is 1. The van der Waals surface area contributed by atoms with Crippen molar-refractivity contribution in [3.8, 4) is 5.88 Å². The maximum absolute atomic E-state index is 13.0. The van der Waals surface area contributed by atoms with E-state index >= 15 is 0 Å². The molecule has 34 heavy (non-hydrogen) atoms. The first-order chi connectivity index (χ1) is 16.5. The predicted molar refractivity (Wildman–Crippen MR) is 127 cm³/mol. The zero-order valence-corrected chi connectivity index (χ0v) is 19.8. The fraction of sp³-hybridized carbons (Fsp3) is 0.250. The van der Waals surface area contributed by atoms with Gasteiger partial charge in [-0.1, -0.05) is 12.1 Å². The van der Waals surface area contributed by atoms with Gasteiger partial charge in [-0.3, -0.25) is 9.59 Å². The van der Waals surface area contributed by atoms with Gasteiger partial charge in [-0.2, -0.15) is 4.98 Å². The number of hydrogen-bond acceptors (Lipinski definition) is 8. The molecule has 0 unspecified atom stereocenters. The lowest BCUT2D eigenvalue weighted by atomic mass is 10.1. The maximum Gasteiger partial charge on any atom is 0.261 e. The van der Waals surface area contributed by atoms with Crippen LogP contribution < -0.4 is 15.4 Å². The number of rotatable bonds is 9. The van der Waals surface area contributed by atoms with Crippen molar-refractivity contribution in [3.05, 3.63) is 75.8 Å². The number of hydrogen-bond donors (Lipinski definition) is 2. The molecule has 176 valence electrons. The van der Waals surface area contributed by atoms with Gasteiger partial charge >= 0.3 is 0 Å². The zero-order chi connectivity index (χ0) is 24.1. The van der Waals surface area contributed by atoms with Crippen LogP contribution in [0.5, 0.6) is 5.88 Å². The Bertz CT molecular complexity index is 1320. The third kappa shape index (κ3) is 5.08. The maximum atomic E-state index is 13.0. The van der Waals surface area contributed by atoms with Gasteiger partial charge in [0.05, 0.1) is 30.2 Å². The van der Waals surface area contributed by atoms with E-state index in [9.17, 15) is 9.59 Å². The number of thiophene rings is 1. The summed E-state index contributed by atoms with van der Waals surface area (Å²) < 4.78 is 15.8. The molecule has 0 fully saturated rings. The Morgan fingerprint density at radius 2 is 1.88 bits per heavy atom. The highest BCUT2D eigenvalue weighted by Crippen LogP contribution is 2.35. The molecule has 3 heterocycles. The van der Waals surface area contributed by atoms with E-state index in [0.29, 0.717) is 44.7 Å². The van der Waals surface area contributed by atoms with Crippen LogP contribution in [0, 0.1) is 6.92 Å². The smallest absolute Gasteiger partial charge is 0.261 e. The lowest BCUT2D eigenvalue weighted by Crippen LogP contribution is -2.24. The van der Waals surface area contributed by atoms with Gasteiger partial charge in [-0.25, -0.2) is 4.98 Å². The normalized spacial score (nSPS) is 10.9. The summed E-state index contributed by atoms with van der Waals surface area (Å²) in [5.41, 5.74) is 2.06. The van der Waals surface area contributed by atoms with Gasteiger partial charge in [0.25, 0.3) is 11.8 Å². The van der Waals surface area contributed by atoms with Crippen molar-refractivity contribution in [1.29, 1.82) is 0 Å². The average molecular weight is 481 g/mol. The molecule has 0 spiro atoms. The van der Waals surface area contributed by atoms with Crippen LogP contribution in [0.25, 0.3) is 10.2 Å². The molecule has 9 nitrogen and oxygen atoms in total. The summed E-state index contributed by atoms with van der Waals surface area (Å²) >= 11 is 1.28. The Morgan fingerprint density at radius 1 is 1.06 bits per heavy atom. The topological polar surface area (TPSA) is 116 Å². The number of amides is 2. The highest BCUT2D eigenvalue weighted by molar-refractivity contribution is 7.20. The summed E-state index contributed by atoms with van der Waals surface area (Å²) in [4.78, 5) is 35.5. The van der Waals surface area contributed by atoms with Crippen LogP contribution in [0.4, 0.5) is 0 Å². The number of benzene rings is 1. The van der Waals surface area contributed by atoms with Crippen molar-refractivity contribution in [1.82, 2.24) is 20.6 Å². The SMILES string of the molecule is COCc1nc(OC)c2c(C)c(C(=O)NCc3cccc(C(=O)NCc4ccco4)c3)sc2n1. The van der Waals surface area contributed by atoms with E-state index in [1.54, 1.807) is 43.7 Å². The van der Waals surface area contributed by atoms with Gasteiger partial charge in [-0.15, -0.1) is 11.3 Å². The number of methoxy groups -OCH3 is 2. The van der Waals surface area contributed by atoms with E-state index in [1.807, 2.05) is 13.0 Å². The van der Waals surface area contributed by atoms with E-state index in [4.69, 9.17) is 13.9 Å². The van der Waals surface area contributed by atoms with E-state index in [0.717, 1.165) is 11.1 Å². The van der Waals surface area contributed by atoms with Crippen LogP contribution in [-0.2, 0) is 24.4 Å². The number of nitrogens with one attached hydrogen (secondary N) is 2. The van der Waals surface area contributed by atoms with Gasteiger partial charge in [0, 0.05) is 19.2 Å². The van der Waals surface area contributed by atoms with Crippen LogP contribution in [0.1, 0.15) is 42.7 Å². The molecule has 0 aliphatic rings. The summed E-state index contributed by atoms with van der Waals surface area (Å²) in [7, 11) is 3.10. The lowest BCUT2D eigenvalue weighted by Gasteiger charge is -2.08. The summed E-state index contributed by atoms with van der Waals surface area (Å²) in [6.07, 6.45) is 1.56. The molecule has 4 rings (SSSR count). The Hall–Kier alpha value is -3.76. The number of aryl methyl sites for hydroxylation is 1. The predicted octanol–water partition coefficient (Wildman–Crippen LogP) is 3.61. The molecule has 0 aliphatic carbocycles. The lowest BCUT2D eigenvalue weighted by molar-refractivity contribution is 0.0944. The molecule has 1 aromatic carbocycles. The number of aromatic nitrogens is 2. The number of furan rings is 1. The van der Waals surface area contributed by atoms with Crippen LogP contribution in [0.2, 0.25) is 0 Å². The fourth-order valence-corrected chi connectivity index (χ4v) is 4.58.